The van der Waals surface area contributed by atoms with Gasteiger partial charge in [-0.2, -0.15) is 0 Å². The molecule has 0 atom stereocenters. The fourth-order valence-electron chi connectivity index (χ4n) is 0. The topological polar surface area (TPSA) is 0 Å². The molecule has 0 bridgehead atoms. The molecule has 0 spiro atoms. The molecule has 0 amide bonds. The molecule has 0 aromatic carbocycles. The fourth-order valence-corrected chi connectivity index (χ4v) is 0. The summed E-state index contributed by atoms with van der Waals surface area (Å²) in [6.07, 6.45) is 2.35. The maximum absolute atomic E-state index is 2.35. The van der Waals surface area contributed by atoms with E-state index < -0.39 is 0 Å². The van der Waals surface area contributed by atoms with Gasteiger partial charge in [0, 0.05) is 68.0 Å². The Morgan fingerprint density at radius 2 is 1.43 bits per heavy atom. The summed E-state index contributed by atoms with van der Waals surface area (Å²) in [6, 6.07) is 0. The third kappa shape index (κ3) is 48.5. The van der Waals surface area contributed by atoms with Crippen molar-refractivity contribution >= 4 is 14.3 Å². The monoisotopic (exact) mass is 449 g/mol. The van der Waals surface area contributed by atoms with Crippen LogP contribution in [0.25, 0.3) is 0 Å². The van der Waals surface area contributed by atoms with E-state index in [0.29, 0.717) is 17.6 Å². The summed E-state index contributed by atoms with van der Waals surface area (Å²) < 4.78 is 0. The molecular weight excluding hydrogens is 444 g/mol. The van der Waals surface area contributed by atoms with Crippen molar-refractivity contribution in [2.75, 3.05) is 0 Å². The number of hydrogen-bond donors (Lipinski definition) is 0. The van der Waals surface area contributed by atoms with Gasteiger partial charge in [-0.25, -0.2) is 0 Å². The van der Waals surface area contributed by atoms with Crippen LogP contribution in [-0.4, -0.2) is 14.3 Å². The van der Waals surface area contributed by atoms with E-state index in [-0.39, 0.29) is 68.0 Å². The van der Waals surface area contributed by atoms with Gasteiger partial charge in [0.15, 0.2) is 0 Å². The summed E-state index contributed by atoms with van der Waals surface area (Å²) >= 11 is 0.389. The Morgan fingerprint density at radius 3 is 1.43 bits per heavy atom. The first-order chi connectivity index (χ1) is 1.41. The van der Waals surface area contributed by atoms with E-state index in [9.17, 15) is 0 Å². The van der Waals surface area contributed by atoms with Crippen LogP contribution < -0.4 is 0 Å². The second kappa shape index (κ2) is 35.8. The van der Waals surface area contributed by atoms with E-state index in [1.165, 1.54) is 8.21 Å². The van der Waals surface area contributed by atoms with Crippen LogP contribution in [0.1, 0.15) is 0 Å². The van der Waals surface area contributed by atoms with E-state index in [1.807, 2.05) is 0 Å². The molecule has 0 unspecified atom stereocenters. The van der Waals surface area contributed by atoms with Crippen molar-refractivity contribution in [1.29, 1.82) is 0 Å². The first-order valence-electron chi connectivity index (χ1n) is 0.816. The van der Waals surface area contributed by atoms with Crippen molar-refractivity contribution < 1.29 is 85.6 Å². The van der Waals surface area contributed by atoms with E-state index in [4.69, 9.17) is 0 Å². The van der Waals surface area contributed by atoms with Gasteiger partial charge in [0.1, 0.15) is 0 Å². The van der Waals surface area contributed by atoms with E-state index in [2.05, 4.69) is 6.11 Å². The number of hydrogen-bond acceptors (Lipinski definition) is 0. The molecular formula is H5BCrFeMnNiSiW. The SMILES string of the molecule is [BH2][W][SiH3].[Cr].[Fe].[Mn].[Ni]. The van der Waals surface area contributed by atoms with Crippen LogP contribution in [0.2, 0.25) is 0 Å². The summed E-state index contributed by atoms with van der Waals surface area (Å²) in [4.78, 5) is 0. The Hall–Kier alpha value is 3.04. The Labute approximate surface area is 98.5 Å². The summed E-state index contributed by atoms with van der Waals surface area (Å²) in [5.74, 6) is 0. The Kier molecular flexibility index (Phi) is 165. The summed E-state index contributed by atoms with van der Waals surface area (Å²) in [6.45, 7) is 0. The van der Waals surface area contributed by atoms with Crippen molar-refractivity contribution in [3.63, 3.8) is 0 Å². The van der Waals surface area contributed by atoms with Gasteiger partial charge < -0.3 is 0 Å². The molecule has 0 aromatic rings. The van der Waals surface area contributed by atoms with Gasteiger partial charge in [-0.3, -0.25) is 0 Å². The molecule has 0 saturated carbocycles. The zero-order chi connectivity index (χ0) is 2.71. The first kappa shape index (κ1) is 32.3. The molecule has 0 aromatic heterocycles. The molecule has 0 aliphatic heterocycles. The van der Waals surface area contributed by atoms with Gasteiger partial charge in [-0.1, -0.05) is 0 Å². The molecule has 0 N–H and O–H groups in total. The third-order valence-corrected chi connectivity index (χ3v) is 0. The smallest absolute Gasteiger partial charge is 0 e. The molecule has 0 saturated heterocycles. The van der Waals surface area contributed by atoms with Crippen molar-refractivity contribution in [3.05, 3.63) is 0 Å². The molecule has 0 heterocycles. The molecule has 1 radical (unpaired) electrons. The average molecular weight is 449 g/mol. The van der Waals surface area contributed by atoms with Gasteiger partial charge in [0.05, 0.1) is 0 Å². The third-order valence-electron chi connectivity index (χ3n) is 0. The molecule has 49 valence electrons. The minimum atomic E-state index is 0. The molecule has 0 aliphatic carbocycles. The zero-order valence-electron chi connectivity index (χ0n) is 3.86. The standard InChI is InChI=1S/BH2.Cr.Fe.Mn.Ni.H3Si.W/h1H2;;;;;1H3;/q+1;;;;;;-1. The normalized spacial score (nSPS) is 2.86. The predicted octanol–water partition coefficient (Wildman–Crippen LogP) is -2.11. The molecule has 7 heavy (non-hydrogen) atoms. The second-order valence-corrected chi connectivity index (χ2v) is 10.0. The molecule has 0 fully saturated rings. The van der Waals surface area contributed by atoms with Crippen molar-refractivity contribution in [1.82, 2.24) is 0 Å². The maximum Gasteiger partial charge on any atom is 0 e. The quantitative estimate of drug-likeness (QED) is 0.372. The fraction of sp³-hybridized carbons (Fsp3) is 0. The van der Waals surface area contributed by atoms with Gasteiger partial charge in [0.25, 0.3) is 0 Å². The van der Waals surface area contributed by atoms with Gasteiger partial charge in [0.2, 0.25) is 0 Å². The van der Waals surface area contributed by atoms with Gasteiger partial charge in [-0.15, -0.1) is 0 Å². The van der Waals surface area contributed by atoms with Crippen molar-refractivity contribution in [3.8, 4) is 0 Å². The Morgan fingerprint density at radius 1 is 1.43 bits per heavy atom. The predicted molar refractivity (Wildman–Crippen MR) is 18.5 cm³/mol. The minimum Gasteiger partial charge on any atom is 0 e. The molecule has 0 aliphatic rings. The van der Waals surface area contributed by atoms with Crippen molar-refractivity contribution in [2.24, 2.45) is 0 Å². The molecule has 0 rings (SSSR count). The zero-order valence-corrected chi connectivity index (χ0v) is 13.3. The van der Waals surface area contributed by atoms with Crippen LogP contribution in [0, 0.1) is 0 Å². The summed E-state index contributed by atoms with van der Waals surface area (Å²) in [5.41, 5.74) is 0. The first-order valence-corrected chi connectivity index (χ1v) is 13.4. The van der Waals surface area contributed by atoms with E-state index in [0.717, 1.165) is 0 Å². The van der Waals surface area contributed by atoms with Crippen LogP contribution in [0.15, 0.2) is 0 Å². The second-order valence-electron chi connectivity index (χ2n) is 0.408. The molecule has 0 nitrogen and oxygen atoms in total. The molecule has 7 heteroatoms. The maximum atomic E-state index is 2.35. The summed E-state index contributed by atoms with van der Waals surface area (Å²) in [5, 5.41) is 0. The van der Waals surface area contributed by atoms with Crippen molar-refractivity contribution in [2.45, 2.75) is 0 Å². The Bertz CT molecular complexity index is 19.7. The van der Waals surface area contributed by atoms with E-state index >= 15 is 0 Å². The van der Waals surface area contributed by atoms with Crippen LogP contribution >= 0.6 is 0 Å². The van der Waals surface area contributed by atoms with Crippen LogP contribution in [-0.2, 0) is 85.6 Å². The minimum absolute atomic E-state index is 0. The van der Waals surface area contributed by atoms with E-state index in [1.54, 1.807) is 0 Å². The van der Waals surface area contributed by atoms with Crippen LogP contribution in [0.4, 0.5) is 0 Å². The van der Waals surface area contributed by atoms with Crippen LogP contribution in [0.3, 0.4) is 0 Å². The number of rotatable bonds is 0. The summed E-state index contributed by atoms with van der Waals surface area (Å²) in [7, 11) is 1.54. The Balaban J connectivity index is -0.00000000333. The van der Waals surface area contributed by atoms with Gasteiger partial charge in [-0.05, 0) is 0 Å². The van der Waals surface area contributed by atoms with Gasteiger partial charge >= 0.3 is 32.0 Å². The largest absolute Gasteiger partial charge is 0 e. The van der Waals surface area contributed by atoms with Crippen LogP contribution in [0.5, 0.6) is 0 Å². The average Bonchev–Trinajstić information content (AvgIpc) is 0.918.